The standard InChI is InChI=1S/C12H19NO4.Na/c1-4-10(15)13-12(2,3)9(14)7-5-6-8-11(16)17;/h4H,1,5-8H2,2-3H3,(H,13,15)(H,16,17);/q;+1/p-1. The number of nitrogens with one attached hydrogen (secondary N) is 1. The fraction of sp³-hybridized carbons (Fsp3) is 0.583. The van der Waals surface area contributed by atoms with Crippen LogP contribution in [-0.2, 0) is 14.4 Å². The van der Waals surface area contributed by atoms with Crippen molar-refractivity contribution >= 4 is 17.7 Å². The average Bonchev–Trinajstić information content (AvgIpc) is 2.22. The van der Waals surface area contributed by atoms with Crippen LogP contribution >= 0.6 is 0 Å². The van der Waals surface area contributed by atoms with Gasteiger partial charge in [0.25, 0.3) is 0 Å². The van der Waals surface area contributed by atoms with E-state index >= 15 is 0 Å². The summed E-state index contributed by atoms with van der Waals surface area (Å²) in [5.41, 5.74) is -0.952. The monoisotopic (exact) mass is 263 g/mol. The zero-order valence-corrected chi connectivity index (χ0v) is 13.2. The summed E-state index contributed by atoms with van der Waals surface area (Å²) in [5, 5.41) is 12.7. The van der Waals surface area contributed by atoms with E-state index in [2.05, 4.69) is 11.9 Å². The van der Waals surface area contributed by atoms with E-state index in [-0.39, 0.29) is 48.2 Å². The molecule has 1 N–H and O–H groups in total. The van der Waals surface area contributed by atoms with Crippen LogP contribution in [0.5, 0.6) is 0 Å². The Balaban J connectivity index is 0. The summed E-state index contributed by atoms with van der Waals surface area (Å²) in [6, 6.07) is 0. The number of carboxylic acid groups (broad SMARTS) is 1. The zero-order valence-electron chi connectivity index (χ0n) is 11.2. The number of aliphatic carboxylic acids is 1. The van der Waals surface area contributed by atoms with Gasteiger partial charge < -0.3 is 15.2 Å². The zero-order chi connectivity index (χ0) is 13.5. The number of Topliss-reactive ketones (excluding diaryl/α,β-unsaturated/α-hetero) is 1. The Bertz CT molecular complexity index is 326. The Morgan fingerprint density at radius 2 is 1.72 bits per heavy atom. The second-order valence-electron chi connectivity index (χ2n) is 4.32. The molecule has 6 heteroatoms. The van der Waals surface area contributed by atoms with Gasteiger partial charge in [-0.1, -0.05) is 6.58 Å². The molecule has 0 aliphatic rings. The molecule has 5 nitrogen and oxygen atoms in total. The van der Waals surface area contributed by atoms with Gasteiger partial charge in [0.2, 0.25) is 5.91 Å². The van der Waals surface area contributed by atoms with Crippen molar-refractivity contribution < 1.29 is 49.0 Å². The molecular weight excluding hydrogens is 245 g/mol. The summed E-state index contributed by atoms with van der Waals surface area (Å²) in [6.45, 7) is 6.52. The number of hydrogen-bond donors (Lipinski definition) is 1. The molecule has 96 valence electrons. The summed E-state index contributed by atoms with van der Waals surface area (Å²) >= 11 is 0. The molecule has 0 heterocycles. The van der Waals surface area contributed by atoms with Crippen LogP contribution in [-0.4, -0.2) is 23.2 Å². The van der Waals surface area contributed by atoms with Crippen LogP contribution in [0, 0.1) is 0 Å². The molecule has 0 saturated heterocycles. The molecule has 0 bridgehead atoms. The van der Waals surface area contributed by atoms with Gasteiger partial charge in [-0.25, -0.2) is 0 Å². The Morgan fingerprint density at radius 1 is 1.22 bits per heavy atom. The summed E-state index contributed by atoms with van der Waals surface area (Å²) in [4.78, 5) is 33.0. The van der Waals surface area contributed by atoms with Crippen LogP contribution < -0.4 is 40.0 Å². The Morgan fingerprint density at radius 3 is 2.17 bits per heavy atom. The fourth-order valence-electron chi connectivity index (χ4n) is 1.30. The van der Waals surface area contributed by atoms with Crippen molar-refractivity contribution in [2.45, 2.75) is 45.1 Å². The number of carbonyl (C=O) groups excluding carboxylic acids is 3. The molecule has 0 atom stereocenters. The molecule has 0 radical (unpaired) electrons. The van der Waals surface area contributed by atoms with Gasteiger partial charge in [-0.3, -0.25) is 9.59 Å². The van der Waals surface area contributed by atoms with Gasteiger partial charge in [-0.05, 0) is 39.2 Å². The maximum Gasteiger partial charge on any atom is 1.00 e. The minimum atomic E-state index is -1.11. The minimum absolute atomic E-state index is 0. The summed E-state index contributed by atoms with van der Waals surface area (Å²) in [5.74, 6) is -1.65. The van der Waals surface area contributed by atoms with E-state index in [4.69, 9.17) is 0 Å². The molecule has 0 fully saturated rings. The van der Waals surface area contributed by atoms with Crippen LogP contribution in [0.4, 0.5) is 0 Å². The fourth-order valence-corrected chi connectivity index (χ4v) is 1.30. The molecule has 0 aliphatic heterocycles. The predicted octanol–water partition coefficient (Wildman–Crippen LogP) is -3.05. The van der Waals surface area contributed by atoms with E-state index in [0.29, 0.717) is 12.8 Å². The van der Waals surface area contributed by atoms with E-state index in [9.17, 15) is 19.5 Å². The van der Waals surface area contributed by atoms with Crippen molar-refractivity contribution in [2.75, 3.05) is 0 Å². The largest absolute Gasteiger partial charge is 1.00 e. The van der Waals surface area contributed by atoms with E-state index in [1.54, 1.807) is 13.8 Å². The molecule has 0 aromatic heterocycles. The molecule has 0 saturated carbocycles. The number of amides is 1. The van der Waals surface area contributed by atoms with Crippen molar-refractivity contribution in [3.8, 4) is 0 Å². The second kappa shape index (κ2) is 9.30. The van der Waals surface area contributed by atoms with Gasteiger partial charge in [0.1, 0.15) is 0 Å². The number of carboxylic acids is 1. The quantitative estimate of drug-likeness (QED) is 0.286. The van der Waals surface area contributed by atoms with Gasteiger partial charge in [-0.15, -0.1) is 0 Å². The van der Waals surface area contributed by atoms with Gasteiger partial charge in [0.05, 0.1) is 5.54 Å². The van der Waals surface area contributed by atoms with E-state index in [1.165, 1.54) is 0 Å². The smallest absolute Gasteiger partial charge is 0.550 e. The number of hydrogen-bond acceptors (Lipinski definition) is 4. The first-order valence-electron chi connectivity index (χ1n) is 5.47. The van der Waals surface area contributed by atoms with Crippen LogP contribution in [0.15, 0.2) is 12.7 Å². The van der Waals surface area contributed by atoms with Crippen LogP contribution in [0.1, 0.15) is 39.5 Å². The second-order valence-corrected chi connectivity index (χ2v) is 4.32. The van der Waals surface area contributed by atoms with Gasteiger partial charge in [-0.2, -0.15) is 0 Å². The topological polar surface area (TPSA) is 86.3 Å². The first-order chi connectivity index (χ1) is 7.79. The van der Waals surface area contributed by atoms with Crippen molar-refractivity contribution in [3.63, 3.8) is 0 Å². The van der Waals surface area contributed by atoms with Gasteiger partial charge in [0, 0.05) is 12.4 Å². The molecule has 18 heavy (non-hydrogen) atoms. The molecule has 1 amide bonds. The Labute approximate surface area is 129 Å². The third kappa shape index (κ3) is 8.44. The third-order valence-corrected chi connectivity index (χ3v) is 2.35. The molecule has 0 aromatic carbocycles. The molecule has 0 spiro atoms. The van der Waals surface area contributed by atoms with Crippen molar-refractivity contribution in [3.05, 3.63) is 12.7 Å². The molecular formula is C12H18NNaO4. The third-order valence-electron chi connectivity index (χ3n) is 2.35. The normalized spacial score (nSPS) is 10.1. The number of carbonyl (C=O) groups is 3. The van der Waals surface area contributed by atoms with Crippen molar-refractivity contribution in [2.24, 2.45) is 0 Å². The first-order valence-corrected chi connectivity index (χ1v) is 5.47. The number of ketones is 1. The van der Waals surface area contributed by atoms with E-state index in [0.717, 1.165) is 6.08 Å². The van der Waals surface area contributed by atoms with Crippen LogP contribution in [0.3, 0.4) is 0 Å². The van der Waals surface area contributed by atoms with Crippen LogP contribution in [0.25, 0.3) is 0 Å². The SMILES string of the molecule is C=CC(=O)NC(C)(C)C(=O)CCCCC(=O)[O-].[Na+]. The maximum absolute atomic E-state index is 11.7. The summed E-state index contributed by atoms with van der Waals surface area (Å²) < 4.78 is 0. The molecule has 0 aliphatic carbocycles. The van der Waals surface area contributed by atoms with Crippen molar-refractivity contribution in [1.29, 1.82) is 0 Å². The van der Waals surface area contributed by atoms with E-state index < -0.39 is 17.4 Å². The number of rotatable bonds is 8. The molecule has 0 rings (SSSR count). The summed E-state index contributed by atoms with van der Waals surface area (Å²) in [6.07, 6.45) is 2.16. The van der Waals surface area contributed by atoms with Gasteiger partial charge in [0.15, 0.2) is 5.78 Å². The van der Waals surface area contributed by atoms with Gasteiger partial charge >= 0.3 is 29.6 Å². The molecule has 0 aromatic rings. The van der Waals surface area contributed by atoms with E-state index in [1.807, 2.05) is 0 Å². The first kappa shape index (κ1) is 19.7. The minimum Gasteiger partial charge on any atom is -0.550 e. The number of unbranched alkanes of at least 4 members (excludes halogenated alkanes) is 1. The maximum atomic E-state index is 11.7. The van der Waals surface area contributed by atoms with Crippen molar-refractivity contribution in [1.82, 2.24) is 5.32 Å². The Hall–Kier alpha value is -0.650. The van der Waals surface area contributed by atoms with Crippen LogP contribution in [0.2, 0.25) is 0 Å². The Kier molecular flexibility index (Phi) is 10.2. The predicted molar refractivity (Wildman–Crippen MR) is 60.9 cm³/mol. The average molecular weight is 263 g/mol. The summed E-state index contributed by atoms with van der Waals surface area (Å²) in [7, 11) is 0. The molecule has 0 unspecified atom stereocenters.